The third-order valence-corrected chi connectivity index (χ3v) is 9.04. The first kappa shape index (κ1) is 18.0. The lowest BCUT2D eigenvalue weighted by atomic mass is 9.82. The molecule has 1 aromatic heterocycles. The highest BCUT2D eigenvalue weighted by atomic mass is 32.2. The van der Waals surface area contributed by atoms with Crippen LogP contribution in [0.3, 0.4) is 0 Å². The van der Waals surface area contributed by atoms with E-state index in [0.717, 1.165) is 26.1 Å². The fourth-order valence-corrected chi connectivity index (χ4v) is 7.16. The van der Waals surface area contributed by atoms with Gasteiger partial charge in [-0.2, -0.15) is 5.10 Å². The Morgan fingerprint density at radius 3 is 2.65 bits per heavy atom. The summed E-state index contributed by atoms with van der Waals surface area (Å²) in [6.07, 6.45) is 7.73. The van der Waals surface area contributed by atoms with Gasteiger partial charge in [-0.3, -0.25) is 9.48 Å². The maximum atomic E-state index is 12.8. The third kappa shape index (κ3) is 2.87. The number of hydrogen-bond acceptors (Lipinski definition) is 5. The number of carbonyl (C=O) groups is 1. The molecule has 1 aromatic rings. The summed E-state index contributed by atoms with van der Waals surface area (Å²) >= 11 is 0. The quantitative estimate of drug-likeness (QED) is 0.780. The van der Waals surface area contributed by atoms with Crippen molar-refractivity contribution >= 4 is 15.7 Å². The lowest BCUT2D eigenvalue weighted by Crippen LogP contribution is -2.69. The van der Waals surface area contributed by atoms with Crippen molar-refractivity contribution in [1.82, 2.24) is 19.6 Å². The second kappa shape index (κ2) is 6.64. The van der Waals surface area contributed by atoms with Gasteiger partial charge in [-0.1, -0.05) is 6.42 Å². The monoisotopic (exact) mass is 380 g/mol. The molecule has 3 aliphatic heterocycles. The Hall–Kier alpha value is -1.41. The van der Waals surface area contributed by atoms with Gasteiger partial charge in [0.25, 0.3) is 5.91 Å². The molecule has 0 aromatic carbocycles. The number of aromatic nitrogens is 2. The number of nitrogens with zero attached hydrogens (tertiary/aromatic N) is 4. The molecule has 1 unspecified atom stereocenters. The molecule has 1 atom stereocenters. The van der Waals surface area contributed by atoms with Gasteiger partial charge in [0.1, 0.15) is 4.75 Å². The zero-order chi connectivity index (χ0) is 18.4. The van der Waals surface area contributed by atoms with Gasteiger partial charge < -0.3 is 9.80 Å². The standard InChI is InChI=1S/C18H28N4O3S/c1-2-22-11-15(10-19-22)17(23)21-13-18(14-21)16(6-9-26(18,24)25)12-20-7-4-3-5-8-20/h10-11,16H,2-9,12-14H2,1H3. The Morgan fingerprint density at radius 1 is 1.27 bits per heavy atom. The van der Waals surface area contributed by atoms with Gasteiger partial charge in [-0.25, -0.2) is 8.42 Å². The van der Waals surface area contributed by atoms with E-state index in [1.807, 2.05) is 6.92 Å². The first-order valence-electron chi connectivity index (χ1n) is 9.71. The number of rotatable bonds is 4. The lowest BCUT2D eigenvalue weighted by Gasteiger charge is -2.50. The molecule has 0 saturated carbocycles. The van der Waals surface area contributed by atoms with Crippen molar-refractivity contribution in [2.24, 2.45) is 5.92 Å². The van der Waals surface area contributed by atoms with Crippen LogP contribution in [0.4, 0.5) is 0 Å². The number of aryl methyl sites for hydroxylation is 1. The minimum absolute atomic E-state index is 0.103. The molecular formula is C18H28N4O3S. The van der Waals surface area contributed by atoms with Crippen LogP contribution < -0.4 is 0 Å². The summed E-state index contributed by atoms with van der Waals surface area (Å²) in [5.41, 5.74) is 0.546. The van der Waals surface area contributed by atoms with E-state index in [9.17, 15) is 13.2 Å². The number of hydrogen-bond donors (Lipinski definition) is 0. The molecule has 1 amide bonds. The number of piperidine rings is 1. The molecule has 0 radical (unpaired) electrons. The van der Waals surface area contributed by atoms with Crippen LogP contribution in [0.25, 0.3) is 0 Å². The minimum Gasteiger partial charge on any atom is -0.335 e. The highest BCUT2D eigenvalue weighted by molar-refractivity contribution is 7.93. The zero-order valence-electron chi connectivity index (χ0n) is 15.4. The van der Waals surface area contributed by atoms with Gasteiger partial charge in [-0.05, 0) is 45.2 Å². The third-order valence-electron chi connectivity index (χ3n) is 6.43. The number of likely N-dealkylation sites (tertiary alicyclic amines) is 2. The van der Waals surface area contributed by atoms with Crippen LogP contribution in [-0.2, 0) is 16.4 Å². The SMILES string of the molecule is CCn1cc(C(=O)N2CC3(C2)C(CN2CCCCC2)CCS3(=O)=O)cn1. The normalized spacial score (nSPS) is 27.6. The van der Waals surface area contributed by atoms with Gasteiger partial charge in [0.2, 0.25) is 0 Å². The van der Waals surface area contributed by atoms with Crippen molar-refractivity contribution in [3.8, 4) is 0 Å². The molecular weight excluding hydrogens is 352 g/mol. The van der Waals surface area contributed by atoms with Crippen LogP contribution in [0.1, 0.15) is 43.0 Å². The maximum Gasteiger partial charge on any atom is 0.257 e. The molecule has 8 heteroatoms. The second-order valence-electron chi connectivity index (χ2n) is 7.98. The average molecular weight is 381 g/mol. The van der Waals surface area contributed by atoms with Crippen molar-refractivity contribution in [3.63, 3.8) is 0 Å². The molecule has 4 rings (SSSR count). The summed E-state index contributed by atoms with van der Waals surface area (Å²) in [7, 11) is -3.14. The summed E-state index contributed by atoms with van der Waals surface area (Å²) in [6, 6.07) is 0. The van der Waals surface area contributed by atoms with Crippen LogP contribution in [0.15, 0.2) is 12.4 Å². The van der Waals surface area contributed by atoms with E-state index in [1.54, 1.807) is 22.0 Å². The van der Waals surface area contributed by atoms with E-state index in [4.69, 9.17) is 0 Å². The number of amides is 1. The van der Waals surface area contributed by atoms with E-state index in [-0.39, 0.29) is 17.6 Å². The number of sulfone groups is 1. The minimum atomic E-state index is -3.14. The number of carbonyl (C=O) groups excluding carboxylic acids is 1. The Balaban J connectivity index is 1.46. The van der Waals surface area contributed by atoms with Crippen molar-refractivity contribution in [2.75, 3.05) is 38.5 Å². The van der Waals surface area contributed by atoms with Crippen molar-refractivity contribution in [3.05, 3.63) is 18.0 Å². The van der Waals surface area contributed by atoms with Gasteiger partial charge in [-0.15, -0.1) is 0 Å². The summed E-state index contributed by atoms with van der Waals surface area (Å²) in [5.74, 6) is 0.309. The Bertz CT molecular complexity index is 776. The van der Waals surface area contributed by atoms with Crippen LogP contribution >= 0.6 is 0 Å². The molecule has 0 N–H and O–H groups in total. The molecule has 1 spiro atoms. The van der Waals surface area contributed by atoms with Gasteiger partial charge in [0, 0.05) is 32.4 Å². The Labute approximate surface area is 155 Å². The van der Waals surface area contributed by atoms with Crippen LogP contribution in [0.5, 0.6) is 0 Å². The van der Waals surface area contributed by atoms with E-state index in [2.05, 4.69) is 10.00 Å². The Morgan fingerprint density at radius 2 is 2.00 bits per heavy atom. The molecule has 4 heterocycles. The fraction of sp³-hybridized carbons (Fsp3) is 0.778. The molecule has 144 valence electrons. The van der Waals surface area contributed by atoms with Crippen molar-refractivity contribution in [2.45, 2.75) is 43.9 Å². The predicted molar refractivity (Wildman–Crippen MR) is 98.7 cm³/mol. The summed E-state index contributed by atoms with van der Waals surface area (Å²) in [6.45, 7) is 6.36. The predicted octanol–water partition coefficient (Wildman–Crippen LogP) is 1.02. The smallest absolute Gasteiger partial charge is 0.257 e. The largest absolute Gasteiger partial charge is 0.335 e. The van der Waals surface area contributed by atoms with Crippen molar-refractivity contribution < 1.29 is 13.2 Å². The van der Waals surface area contributed by atoms with Gasteiger partial charge in [0.05, 0.1) is 17.5 Å². The average Bonchev–Trinajstić information content (AvgIpc) is 3.17. The molecule has 26 heavy (non-hydrogen) atoms. The summed E-state index contributed by atoms with van der Waals surface area (Å²) in [5, 5.41) is 4.15. The van der Waals surface area contributed by atoms with Gasteiger partial charge in [0.15, 0.2) is 9.84 Å². The molecule has 3 saturated heterocycles. The second-order valence-corrected chi connectivity index (χ2v) is 10.4. The van der Waals surface area contributed by atoms with Gasteiger partial charge >= 0.3 is 0 Å². The van der Waals surface area contributed by atoms with Crippen LogP contribution in [-0.4, -0.2) is 77.1 Å². The van der Waals surface area contributed by atoms with E-state index in [1.165, 1.54) is 19.3 Å². The van der Waals surface area contributed by atoms with Crippen LogP contribution in [0, 0.1) is 5.92 Å². The Kier molecular flexibility index (Phi) is 4.59. The summed E-state index contributed by atoms with van der Waals surface area (Å²) < 4.78 is 26.6. The molecule has 3 aliphatic rings. The lowest BCUT2D eigenvalue weighted by molar-refractivity contribution is 0.0411. The van der Waals surface area contributed by atoms with E-state index < -0.39 is 14.6 Å². The van der Waals surface area contributed by atoms with Crippen LogP contribution in [0.2, 0.25) is 0 Å². The first-order chi connectivity index (χ1) is 12.4. The highest BCUT2D eigenvalue weighted by Gasteiger charge is 2.62. The molecule has 3 fully saturated rings. The molecule has 0 aliphatic carbocycles. The maximum absolute atomic E-state index is 12.8. The fourth-order valence-electron chi connectivity index (χ4n) is 4.76. The highest BCUT2D eigenvalue weighted by Crippen LogP contribution is 2.45. The zero-order valence-corrected chi connectivity index (χ0v) is 16.2. The topological polar surface area (TPSA) is 75.5 Å². The van der Waals surface area contributed by atoms with E-state index in [0.29, 0.717) is 25.2 Å². The summed E-state index contributed by atoms with van der Waals surface area (Å²) in [4.78, 5) is 16.8. The first-order valence-corrected chi connectivity index (χ1v) is 11.4. The van der Waals surface area contributed by atoms with E-state index >= 15 is 0 Å². The molecule has 0 bridgehead atoms. The van der Waals surface area contributed by atoms with Crippen molar-refractivity contribution in [1.29, 1.82) is 0 Å². The molecule has 7 nitrogen and oxygen atoms in total.